The molecule has 0 aliphatic carbocycles. The third-order valence-corrected chi connectivity index (χ3v) is 6.07. The maximum Gasteiger partial charge on any atom is 0.253 e. The van der Waals surface area contributed by atoms with E-state index in [1.165, 1.54) is 24.3 Å². The molecule has 8 heteroatoms. The molecule has 0 radical (unpaired) electrons. The van der Waals surface area contributed by atoms with Crippen LogP contribution in [0.2, 0.25) is 0 Å². The fourth-order valence-electron chi connectivity index (χ4n) is 3.05. The molecule has 0 saturated carbocycles. The Hall–Kier alpha value is -2.45. The van der Waals surface area contributed by atoms with E-state index in [1.807, 2.05) is 0 Å². The van der Waals surface area contributed by atoms with Crippen LogP contribution in [-0.4, -0.2) is 51.9 Å². The lowest BCUT2D eigenvalue weighted by Crippen LogP contribution is -2.48. The Morgan fingerprint density at radius 1 is 1.00 bits per heavy atom. The van der Waals surface area contributed by atoms with Crippen LogP contribution in [0.3, 0.4) is 0 Å². The highest BCUT2D eigenvalue weighted by atomic mass is 32.2. The lowest BCUT2D eigenvalue weighted by atomic mass is 10.1. The first-order valence-electron chi connectivity index (χ1n) is 8.80. The van der Waals surface area contributed by atoms with Gasteiger partial charge in [-0.2, -0.15) is 0 Å². The van der Waals surface area contributed by atoms with E-state index in [0.29, 0.717) is 38.3 Å². The minimum absolute atomic E-state index is 0.124. The van der Waals surface area contributed by atoms with Crippen molar-refractivity contribution in [2.75, 3.05) is 37.6 Å². The minimum atomic E-state index is -3.53. The first-order valence-corrected chi connectivity index (χ1v) is 10.3. The van der Waals surface area contributed by atoms with Crippen molar-refractivity contribution in [3.63, 3.8) is 0 Å². The molecule has 3 rings (SSSR count). The van der Waals surface area contributed by atoms with Crippen molar-refractivity contribution >= 4 is 21.6 Å². The summed E-state index contributed by atoms with van der Waals surface area (Å²) < 4.78 is 39.4. The number of nitrogens with zero attached hydrogens (tertiary/aromatic N) is 2. The number of rotatable bonds is 5. The molecule has 0 atom stereocenters. The zero-order valence-corrected chi connectivity index (χ0v) is 15.9. The van der Waals surface area contributed by atoms with Gasteiger partial charge in [-0.15, -0.1) is 0 Å². The second-order valence-electron chi connectivity index (χ2n) is 6.28. The predicted octanol–water partition coefficient (Wildman–Crippen LogP) is 2.09. The Kier molecular flexibility index (Phi) is 5.76. The number of benzene rings is 2. The number of anilines is 1. The highest BCUT2D eigenvalue weighted by Gasteiger charge is 2.23. The summed E-state index contributed by atoms with van der Waals surface area (Å²) in [5.74, 6) is -0.395. The molecular formula is C19H22FN3O3S. The molecule has 1 saturated heterocycles. The van der Waals surface area contributed by atoms with E-state index < -0.39 is 10.0 Å². The van der Waals surface area contributed by atoms with Gasteiger partial charge in [0.05, 0.1) is 4.90 Å². The molecule has 1 aliphatic heterocycles. The smallest absolute Gasteiger partial charge is 0.253 e. The molecule has 0 spiro atoms. The van der Waals surface area contributed by atoms with Crippen molar-refractivity contribution in [3.05, 3.63) is 59.9 Å². The zero-order valence-electron chi connectivity index (χ0n) is 15.1. The molecular weight excluding hydrogens is 369 g/mol. The molecule has 0 unspecified atom stereocenters. The van der Waals surface area contributed by atoms with E-state index in [-0.39, 0.29) is 16.6 Å². The normalized spacial score (nSPS) is 15.0. The lowest BCUT2D eigenvalue weighted by Gasteiger charge is -2.36. The fourth-order valence-corrected chi connectivity index (χ4v) is 4.09. The molecule has 1 heterocycles. The number of hydrogen-bond donors (Lipinski definition) is 1. The van der Waals surface area contributed by atoms with Crippen LogP contribution in [0, 0.1) is 5.82 Å². The van der Waals surface area contributed by atoms with E-state index in [4.69, 9.17) is 0 Å². The topological polar surface area (TPSA) is 69.7 Å². The maximum atomic E-state index is 13.0. The van der Waals surface area contributed by atoms with Gasteiger partial charge in [0.15, 0.2) is 0 Å². The number of halogens is 1. The molecule has 27 heavy (non-hydrogen) atoms. The van der Waals surface area contributed by atoms with Crippen LogP contribution in [0.15, 0.2) is 53.4 Å². The standard InChI is InChI=1S/C19H22FN3O3S/c1-2-21-27(25,26)18-9-3-15(4-10-18)19(24)23-13-11-22(12-14-23)17-7-5-16(20)6-8-17/h3-10,21H,2,11-14H2,1H3. The molecule has 1 aliphatic rings. The van der Waals surface area contributed by atoms with Gasteiger partial charge in [0.1, 0.15) is 5.82 Å². The Balaban J connectivity index is 1.63. The summed E-state index contributed by atoms with van der Waals surface area (Å²) in [4.78, 5) is 16.7. The van der Waals surface area contributed by atoms with E-state index >= 15 is 0 Å². The number of nitrogens with one attached hydrogen (secondary N) is 1. The second kappa shape index (κ2) is 8.06. The Bertz CT molecular complexity index is 891. The number of sulfonamides is 1. The van der Waals surface area contributed by atoms with Gasteiger partial charge >= 0.3 is 0 Å². The van der Waals surface area contributed by atoms with Gasteiger partial charge in [0.2, 0.25) is 10.0 Å². The van der Waals surface area contributed by atoms with Gasteiger partial charge in [-0.1, -0.05) is 6.92 Å². The molecule has 144 valence electrons. The molecule has 0 aromatic heterocycles. The summed E-state index contributed by atoms with van der Waals surface area (Å²) in [7, 11) is -3.53. The molecule has 0 bridgehead atoms. The Morgan fingerprint density at radius 3 is 2.15 bits per heavy atom. The first-order chi connectivity index (χ1) is 12.9. The second-order valence-corrected chi connectivity index (χ2v) is 8.05. The van der Waals surface area contributed by atoms with Crippen LogP contribution >= 0.6 is 0 Å². The van der Waals surface area contributed by atoms with Gasteiger partial charge in [-0.25, -0.2) is 17.5 Å². The fraction of sp³-hybridized carbons (Fsp3) is 0.316. The molecule has 2 aromatic rings. The third-order valence-electron chi connectivity index (χ3n) is 4.50. The number of amides is 1. The highest BCUT2D eigenvalue weighted by molar-refractivity contribution is 7.89. The van der Waals surface area contributed by atoms with Gasteiger partial charge < -0.3 is 9.80 Å². The van der Waals surface area contributed by atoms with Crippen molar-refractivity contribution in [1.82, 2.24) is 9.62 Å². The van der Waals surface area contributed by atoms with E-state index in [1.54, 1.807) is 36.1 Å². The molecule has 6 nitrogen and oxygen atoms in total. The summed E-state index contributed by atoms with van der Waals surface area (Å²) in [5.41, 5.74) is 1.39. The van der Waals surface area contributed by atoms with Crippen molar-refractivity contribution < 1.29 is 17.6 Å². The summed E-state index contributed by atoms with van der Waals surface area (Å²) in [6.45, 7) is 4.43. The van der Waals surface area contributed by atoms with Crippen LogP contribution in [0.1, 0.15) is 17.3 Å². The molecule has 1 N–H and O–H groups in total. The maximum absolute atomic E-state index is 13.0. The average Bonchev–Trinajstić information content (AvgIpc) is 2.68. The summed E-state index contributed by atoms with van der Waals surface area (Å²) >= 11 is 0. The highest BCUT2D eigenvalue weighted by Crippen LogP contribution is 2.18. The molecule has 1 fully saturated rings. The van der Waals surface area contributed by atoms with E-state index in [2.05, 4.69) is 9.62 Å². The van der Waals surface area contributed by atoms with Crippen molar-refractivity contribution in [3.8, 4) is 0 Å². The van der Waals surface area contributed by atoms with E-state index in [0.717, 1.165) is 5.69 Å². The number of carbonyl (C=O) groups is 1. The zero-order chi connectivity index (χ0) is 19.4. The summed E-state index contributed by atoms with van der Waals surface area (Å²) in [6, 6.07) is 12.3. The largest absolute Gasteiger partial charge is 0.368 e. The Morgan fingerprint density at radius 2 is 1.59 bits per heavy atom. The van der Waals surface area contributed by atoms with Gasteiger partial charge in [-0.05, 0) is 48.5 Å². The van der Waals surface area contributed by atoms with Crippen LogP contribution in [0.4, 0.5) is 10.1 Å². The summed E-state index contributed by atoms with van der Waals surface area (Å²) in [6.07, 6.45) is 0. The lowest BCUT2D eigenvalue weighted by molar-refractivity contribution is 0.0746. The summed E-state index contributed by atoms with van der Waals surface area (Å²) in [5, 5.41) is 0. The van der Waals surface area contributed by atoms with Crippen molar-refractivity contribution in [2.45, 2.75) is 11.8 Å². The van der Waals surface area contributed by atoms with Crippen molar-refractivity contribution in [2.24, 2.45) is 0 Å². The predicted molar refractivity (Wildman–Crippen MR) is 102 cm³/mol. The van der Waals surface area contributed by atoms with Crippen LogP contribution < -0.4 is 9.62 Å². The van der Waals surface area contributed by atoms with E-state index in [9.17, 15) is 17.6 Å². The number of carbonyl (C=O) groups excluding carboxylic acids is 1. The Labute approximate surface area is 158 Å². The molecule has 1 amide bonds. The number of piperazine rings is 1. The molecule has 2 aromatic carbocycles. The van der Waals surface area contributed by atoms with Gasteiger partial charge in [0, 0.05) is 44.0 Å². The van der Waals surface area contributed by atoms with Crippen molar-refractivity contribution in [1.29, 1.82) is 0 Å². The third kappa shape index (κ3) is 4.45. The quantitative estimate of drug-likeness (QED) is 0.847. The monoisotopic (exact) mass is 391 g/mol. The number of hydrogen-bond acceptors (Lipinski definition) is 4. The van der Waals surface area contributed by atoms with Crippen LogP contribution in [0.5, 0.6) is 0 Å². The first kappa shape index (κ1) is 19.3. The SMILES string of the molecule is CCNS(=O)(=O)c1ccc(C(=O)N2CCN(c3ccc(F)cc3)CC2)cc1. The van der Waals surface area contributed by atoms with Gasteiger partial charge in [-0.3, -0.25) is 4.79 Å². The van der Waals surface area contributed by atoms with Crippen LogP contribution in [-0.2, 0) is 10.0 Å². The van der Waals surface area contributed by atoms with Gasteiger partial charge in [0.25, 0.3) is 5.91 Å². The minimum Gasteiger partial charge on any atom is -0.368 e. The average molecular weight is 391 g/mol. The van der Waals surface area contributed by atoms with Crippen LogP contribution in [0.25, 0.3) is 0 Å².